The number of nitrogens with one attached hydrogen (secondary N) is 1. The summed E-state index contributed by atoms with van der Waals surface area (Å²) in [4.78, 5) is 12.2. The molecule has 0 radical (unpaired) electrons. The summed E-state index contributed by atoms with van der Waals surface area (Å²) in [5.41, 5.74) is 10.6. The van der Waals surface area contributed by atoms with Crippen LogP contribution in [0.1, 0.15) is 90.6 Å². The Morgan fingerprint density at radius 3 is 1.81 bits per heavy atom. The van der Waals surface area contributed by atoms with E-state index in [1.54, 1.807) is 14.2 Å². The highest BCUT2D eigenvalue weighted by Gasteiger charge is 2.16. The van der Waals surface area contributed by atoms with Crippen LogP contribution >= 0.6 is 0 Å². The smallest absolute Gasteiger partial charge is 0.258 e. The third kappa shape index (κ3) is 13.6. The highest BCUT2D eigenvalue weighted by molar-refractivity contribution is 5.77. The molecule has 1 atom stereocenters. The van der Waals surface area contributed by atoms with E-state index in [1.165, 1.54) is 5.56 Å². The van der Waals surface area contributed by atoms with Gasteiger partial charge in [0.2, 0.25) is 0 Å². The number of ether oxygens (including phenoxy) is 3. The Morgan fingerprint density at radius 1 is 0.810 bits per heavy atom. The number of hydrogen-bond acceptors (Lipinski definition) is 5. The Morgan fingerprint density at radius 2 is 1.33 bits per heavy atom. The fourth-order valence-corrected chi connectivity index (χ4v) is 3.55. The summed E-state index contributed by atoms with van der Waals surface area (Å²) < 4.78 is 16.4. The first-order chi connectivity index (χ1) is 20.2. The molecule has 0 aliphatic heterocycles. The molecule has 0 saturated carbocycles. The Labute approximate surface area is 256 Å². The van der Waals surface area contributed by atoms with E-state index in [4.69, 9.17) is 19.9 Å². The van der Waals surface area contributed by atoms with Crippen molar-refractivity contribution in [2.24, 2.45) is 5.73 Å². The number of benzene rings is 3. The Kier molecular flexibility index (Phi) is 21.7. The lowest BCUT2D eigenvalue weighted by Gasteiger charge is -2.19. The molecule has 3 aromatic carbocycles. The van der Waals surface area contributed by atoms with Crippen LogP contribution in [0.3, 0.4) is 0 Å². The van der Waals surface area contributed by atoms with Crippen LogP contribution in [0.15, 0.2) is 66.7 Å². The number of terminal acetylenes is 1. The van der Waals surface area contributed by atoms with Crippen molar-refractivity contribution in [2.75, 3.05) is 20.8 Å². The van der Waals surface area contributed by atoms with Crippen LogP contribution < -0.4 is 25.3 Å². The fourth-order valence-electron chi connectivity index (χ4n) is 3.55. The van der Waals surface area contributed by atoms with E-state index in [0.717, 1.165) is 16.7 Å². The van der Waals surface area contributed by atoms with Gasteiger partial charge >= 0.3 is 0 Å². The van der Waals surface area contributed by atoms with Crippen LogP contribution in [0, 0.1) is 12.8 Å². The predicted molar refractivity (Wildman–Crippen MR) is 178 cm³/mol. The van der Waals surface area contributed by atoms with Gasteiger partial charge < -0.3 is 25.3 Å². The quantitative estimate of drug-likeness (QED) is 0.251. The van der Waals surface area contributed by atoms with E-state index in [2.05, 4.69) is 51.1 Å². The van der Waals surface area contributed by atoms with E-state index in [1.807, 2.05) is 96.1 Å². The summed E-state index contributed by atoms with van der Waals surface area (Å²) in [6.45, 7) is 18.9. The van der Waals surface area contributed by atoms with E-state index >= 15 is 0 Å². The number of methoxy groups -OCH3 is 2. The molecular formula is C36H54N2O4. The average Bonchev–Trinajstić information content (AvgIpc) is 3.05. The molecule has 0 spiro atoms. The summed E-state index contributed by atoms with van der Waals surface area (Å²) >= 11 is 0. The highest BCUT2D eigenvalue weighted by Crippen LogP contribution is 2.32. The Bertz CT molecular complexity index is 1130. The fraction of sp³-hybridized carbons (Fsp3) is 0.417. The number of amides is 1. The van der Waals surface area contributed by atoms with Gasteiger partial charge in [0.15, 0.2) is 6.61 Å². The van der Waals surface area contributed by atoms with Gasteiger partial charge in [-0.05, 0) is 46.4 Å². The summed E-state index contributed by atoms with van der Waals surface area (Å²) in [5.74, 6) is 1.79. The van der Waals surface area contributed by atoms with Gasteiger partial charge in [0.25, 0.3) is 5.91 Å². The van der Waals surface area contributed by atoms with Gasteiger partial charge in [0.05, 0.1) is 20.3 Å². The van der Waals surface area contributed by atoms with Crippen LogP contribution in [-0.2, 0) is 16.8 Å². The van der Waals surface area contributed by atoms with Crippen LogP contribution in [0.4, 0.5) is 0 Å². The molecule has 0 heterocycles. The molecule has 6 heteroatoms. The summed E-state index contributed by atoms with van der Waals surface area (Å²) in [6, 6.07) is 20.9. The van der Waals surface area contributed by atoms with Crippen LogP contribution in [-0.4, -0.2) is 26.7 Å². The number of rotatable bonds is 9. The standard InChI is InChI=1S/C28H34N2O4.3C2H6.C2H2/c1-28(2,3)21-10-6-19(7-11-21)17-30-26(31)18-34-22-12-8-20(9-13-22)27(29)24-15-14-23(32-4)16-25(24)33-5;4*1-2/h6-16,27H,17-18,29H2,1-5H3,(H,30,31);3*1-2H3;1-2H. The maximum absolute atomic E-state index is 12.2. The molecule has 0 aliphatic carbocycles. The molecule has 232 valence electrons. The van der Waals surface area contributed by atoms with Crippen LogP contribution in [0.5, 0.6) is 17.2 Å². The van der Waals surface area contributed by atoms with Crippen LogP contribution in [0.25, 0.3) is 0 Å². The van der Waals surface area contributed by atoms with Crippen molar-refractivity contribution >= 4 is 5.91 Å². The lowest BCUT2D eigenvalue weighted by atomic mass is 9.87. The Balaban J connectivity index is 0. The zero-order valence-corrected chi connectivity index (χ0v) is 27.7. The second kappa shape index (κ2) is 22.7. The van der Waals surface area contributed by atoms with Gasteiger partial charge in [-0.15, -0.1) is 12.8 Å². The number of carbonyl (C=O) groups excluding carboxylic acids is 1. The summed E-state index contributed by atoms with van der Waals surface area (Å²) in [5, 5.41) is 2.89. The molecule has 0 aliphatic rings. The molecule has 42 heavy (non-hydrogen) atoms. The minimum absolute atomic E-state index is 0.0578. The lowest BCUT2D eigenvalue weighted by molar-refractivity contribution is -0.123. The summed E-state index contributed by atoms with van der Waals surface area (Å²) in [7, 11) is 3.21. The number of carbonyl (C=O) groups is 1. The SMILES string of the molecule is C#C.CC.CC.CC.COc1ccc(C(N)c2ccc(OCC(=O)NCc3ccc(C(C)(C)C)cc3)cc2)c(OC)c1. The molecule has 0 bridgehead atoms. The lowest BCUT2D eigenvalue weighted by Crippen LogP contribution is -2.28. The van der Waals surface area contributed by atoms with Gasteiger partial charge in [-0.3, -0.25) is 4.79 Å². The number of nitrogens with two attached hydrogens (primary N) is 1. The first kappa shape index (κ1) is 40.2. The third-order valence-corrected chi connectivity index (χ3v) is 5.69. The minimum atomic E-state index is -0.372. The molecule has 1 amide bonds. The van der Waals surface area contributed by atoms with Gasteiger partial charge in [0.1, 0.15) is 17.2 Å². The predicted octanol–water partition coefficient (Wildman–Crippen LogP) is 8.07. The molecule has 3 aromatic rings. The van der Waals surface area contributed by atoms with Crippen LogP contribution in [0.2, 0.25) is 0 Å². The van der Waals surface area contributed by atoms with Crippen molar-refractivity contribution in [3.8, 4) is 30.1 Å². The molecular weight excluding hydrogens is 524 g/mol. The molecule has 6 nitrogen and oxygen atoms in total. The van der Waals surface area contributed by atoms with E-state index < -0.39 is 0 Å². The van der Waals surface area contributed by atoms with E-state index in [0.29, 0.717) is 23.8 Å². The topological polar surface area (TPSA) is 82.8 Å². The van der Waals surface area contributed by atoms with Gasteiger partial charge in [-0.1, -0.05) is 98.7 Å². The minimum Gasteiger partial charge on any atom is -0.497 e. The molecule has 0 fully saturated rings. The molecule has 1 unspecified atom stereocenters. The highest BCUT2D eigenvalue weighted by atomic mass is 16.5. The van der Waals surface area contributed by atoms with Crippen molar-refractivity contribution in [3.05, 3.63) is 89.0 Å². The molecule has 0 aromatic heterocycles. The van der Waals surface area contributed by atoms with Gasteiger partial charge in [-0.2, -0.15) is 0 Å². The molecule has 3 N–H and O–H groups in total. The largest absolute Gasteiger partial charge is 0.497 e. The van der Waals surface area contributed by atoms with Gasteiger partial charge in [0, 0.05) is 18.2 Å². The van der Waals surface area contributed by atoms with Gasteiger partial charge in [-0.25, -0.2) is 0 Å². The normalized spacial score (nSPS) is 10.2. The first-order valence-electron chi connectivity index (χ1n) is 14.6. The zero-order valence-electron chi connectivity index (χ0n) is 27.7. The van der Waals surface area contributed by atoms with E-state index in [-0.39, 0.29) is 24.0 Å². The first-order valence-corrected chi connectivity index (χ1v) is 14.6. The second-order valence-electron chi connectivity index (χ2n) is 9.17. The molecule has 3 rings (SSSR count). The van der Waals surface area contributed by atoms with Crippen molar-refractivity contribution in [1.29, 1.82) is 0 Å². The summed E-state index contributed by atoms with van der Waals surface area (Å²) in [6.07, 6.45) is 8.00. The van der Waals surface area contributed by atoms with E-state index in [9.17, 15) is 4.79 Å². The van der Waals surface area contributed by atoms with Crippen molar-refractivity contribution in [1.82, 2.24) is 5.32 Å². The third-order valence-electron chi connectivity index (χ3n) is 5.69. The molecule has 0 saturated heterocycles. The number of hydrogen-bond donors (Lipinski definition) is 2. The second-order valence-corrected chi connectivity index (χ2v) is 9.17. The zero-order chi connectivity index (χ0) is 32.7. The monoisotopic (exact) mass is 578 g/mol. The Hall–Kier alpha value is -3.95. The maximum Gasteiger partial charge on any atom is 0.258 e. The van der Waals surface area contributed by atoms with Crippen molar-refractivity contribution < 1.29 is 19.0 Å². The average molecular weight is 579 g/mol. The maximum atomic E-state index is 12.2. The van der Waals surface area contributed by atoms with Crippen molar-refractivity contribution in [3.63, 3.8) is 0 Å². The van der Waals surface area contributed by atoms with Crippen molar-refractivity contribution in [2.45, 2.75) is 80.3 Å².